The second-order valence-corrected chi connectivity index (χ2v) is 8.48. The highest BCUT2D eigenvalue weighted by Crippen LogP contribution is 2.41. The number of nitrogens with two attached hydrogens (primary N) is 1. The van der Waals surface area contributed by atoms with Crippen LogP contribution in [-0.4, -0.2) is 34.1 Å². The van der Waals surface area contributed by atoms with Crippen LogP contribution in [0.2, 0.25) is 0 Å². The first-order valence-electron chi connectivity index (χ1n) is 10.6. The van der Waals surface area contributed by atoms with Gasteiger partial charge in [0.25, 0.3) is 5.84 Å². The van der Waals surface area contributed by atoms with E-state index in [2.05, 4.69) is 33.5 Å². The number of amidine groups is 1. The molecule has 0 radical (unpaired) electrons. The Bertz CT molecular complexity index is 1080. The highest BCUT2D eigenvalue weighted by Gasteiger charge is 2.46. The third-order valence-corrected chi connectivity index (χ3v) is 6.47. The molecule has 3 aliphatic rings. The summed E-state index contributed by atoms with van der Waals surface area (Å²) in [7, 11) is 0. The standard InChI is InChI=1S/C23H26N6O/c1-15(30)26-13-16-6-8-17(9-7-16)22-21-14-25-10-11-29(21,24)23(28-22)20-12-18-4-2-3-5-19(18)27-20/h2-5,10-12,14,16-17H,6-9,13,24H2,1H3,(H-,25,26,27,28,30)/p+1. The predicted molar refractivity (Wildman–Crippen MR) is 118 cm³/mol. The summed E-state index contributed by atoms with van der Waals surface area (Å²) in [6.07, 6.45) is 9.75. The van der Waals surface area contributed by atoms with Crippen LogP contribution >= 0.6 is 0 Å². The second-order valence-electron chi connectivity index (χ2n) is 8.48. The van der Waals surface area contributed by atoms with E-state index in [-0.39, 0.29) is 10.5 Å². The van der Waals surface area contributed by atoms with Crippen LogP contribution in [0.15, 0.2) is 64.1 Å². The van der Waals surface area contributed by atoms with Crippen molar-refractivity contribution in [1.82, 2.24) is 10.3 Å². The molecular formula is C23H27N6O+. The number of carbonyl (C=O) groups is 1. The number of aliphatic imine (C=N–C) groups is 2. The number of para-hydroxylation sites is 1. The summed E-state index contributed by atoms with van der Waals surface area (Å²) in [5, 5.41) is 4.10. The summed E-state index contributed by atoms with van der Waals surface area (Å²) in [5.41, 5.74) is 4.02. The van der Waals surface area contributed by atoms with Gasteiger partial charge in [-0.15, -0.1) is 4.59 Å². The predicted octanol–water partition coefficient (Wildman–Crippen LogP) is 3.33. The molecule has 1 amide bonds. The number of carbonyl (C=O) groups excluding carboxylic acids is 1. The molecule has 1 atom stereocenters. The first-order valence-corrected chi connectivity index (χ1v) is 10.6. The van der Waals surface area contributed by atoms with E-state index in [1.165, 1.54) is 0 Å². The van der Waals surface area contributed by atoms with Crippen LogP contribution in [0.3, 0.4) is 0 Å². The van der Waals surface area contributed by atoms with Crippen molar-refractivity contribution >= 4 is 28.9 Å². The number of amides is 1. The fourth-order valence-electron chi connectivity index (χ4n) is 4.81. The topological polar surface area (TPSA) is 95.6 Å². The molecule has 1 aliphatic carbocycles. The highest BCUT2D eigenvalue weighted by atomic mass is 16.1. The number of hydrogen-bond acceptors (Lipinski definition) is 4. The molecule has 2 aliphatic heterocycles. The number of hydrogen-bond donors (Lipinski definition) is 3. The number of nitrogens with one attached hydrogen (secondary N) is 2. The zero-order chi connectivity index (χ0) is 20.7. The average molecular weight is 404 g/mol. The van der Waals surface area contributed by atoms with Gasteiger partial charge in [0.05, 0.1) is 12.4 Å². The average Bonchev–Trinajstić information content (AvgIpc) is 3.31. The molecule has 3 heterocycles. The van der Waals surface area contributed by atoms with Gasteiger partial charge in [0, 0.05) is 30.3 Å². The van der Waals surface area contributed by atoms with Crippen molar-refractivity contribution in [2.75, 3.05) is 6.54 Å². The summed E-state index contributed by atoms with van der Waals surface area (Å²) < 4.78 is 0.0531. The van der Waals surface area contributed by atoms with Gasteiger partial charge in [-0.1, -0.05) is 18.2 Å². The molecule has 0 bridgehead atoms. The van der Waals surface area contributed by atoms with E-state index in [0.29, 0.717) is 11.8 Å². The van der Waals surface area contributed by atoms with Crippen LogP contribution in [0.1, 0.15) is 38.3 Å². The van der Waals surface area contributed by atoms with Crippen LogP contribution in [-0.2, 0) is 4.79 Å². The van der Waals surface area contributed by atoms with E-state index in [0.717, 1.165) is 66.1 Å². The molecule has 7 nitrogen and oxygen atoms in total. The molecule has 30 heavy (non-hydrogen) atoms. The number of quaternary nitrogens is 1. The monoisotopic (exact) mass is 403 g/mol. The van der Waals surface area contributed by atoms with Crippen LogP contribution in [0, 0.1) is 11.8 Å². The number of rotatable bonds is 4. The third-order valence-electron chi connectivity index (χ3n) is 6.47. The van der Waals surface area contributed by atoms with Crippen molar-refractivity contribution in [2.24, 2.45) is 27.7 Å². The normalized spacial score (nSPS) is 28.0. The van der Waals surface area contributed by atoms with E-state index in [9.17, 15) is 4.79 Å². The lowest BCUT2D eigenvalue weighted by molar-refractivity contribution is -0.750. The van der Waals surface area contributed by atoms with Gasteiger partial charge in [0.2, 0.25) is 11.6 Å². The molecule has 7 heteroatoms. The quantitative estimate of drug-likeness (QED) is 0.539. The van der Waals surface area contributed by atoms with Crippen LogP contribution in [0.25, 0.3) is 10.9 Å². The largest absolute Gasteiger partial charge is 0.356 e. The zero-order valence-electron chi connectivity index (χ0n) is 17.1. The highest BCUT2D eigenvalue weighted by molar-refractivity contribution is 6.02. The van der Waals surface area contributed by atoms with Crippen molar-refractivity contribution in [3.05, 3.63) is 59.8 Å². The van der Waals surface area contributed by atoms with Crippen molar-refractivity contribution in [1.29, 1.82) is 0 Å². The Morgan fingerprint density at radius 2 is 2.07 bits per heavy atom. The van der Waals surface area contributed by atoms with Gasteiger partial charge in [-0.25, -0.2) is 0 Å². The Labute approximate surface area is 175 Å². The smallest absolute Gasteiger partial charge is 0.281 e. The SMILES string of the molecule is CC(=O)NCC1CCC(C2=C3C=NC=C[N+]3(N)C(c3cc4ccccc4[nH]3)=N2)CC1. The fraction of sp³-hybridized carbons (Fsp3) is 0.348. The number of fused-ring (bicyclic) bond motifs is 2. The maximum absolute atomic E-state index is 11.2. The van der Waals surface area contributed by atoms with Gasteiger partial charge >= 0.3 is 0 Å². The number of H-pyrrole nitrogens is 1. The summed E-state index contributed by atoms with van der Waals surface area (Å²) >= 11 is 0. The first-order chi connectivity index (χ1) is 14.5. The zero-order valence-corrected chi connectivity index (χ0v) is 17.1. The Hall–Kier alpha value is -3.03. The Kier molecular flexibility index (Phi) is 4.64. The lowest BCUT2D eigenvalue weighted by atomic mass is 9.80. The third kappa shape index (κ3) is 3.20. The fourth-order valence-corrected chi connectivity index (χ4v) is 4.81. The number of benzene rings is 1. The van der Waals surface area contributed by atoms with E-state index in [1.54, 1.807) is 13.1 Å². The second kappa shape index (κ2) is 7.34. The minimum atomic E-state index is 0.0424. The van der Waals surface area contributed by atoms with E-state index >= 15 is 0 Å². The maximum atomic E-state index is 11.2. The molecule has 0 spiro atoms. The molecule has 5 rings (SSSR count). The van der Waals surface area contributed by atoms with Crippen LogP contribution in [0.5, 0.6) is 0 Å². The van der Waals surface area contributed by atoms with Gasteiger partial charge in [-0.2, -0.15) is 10.8 Å². The number of aromatic amines is 1. The minimum Gasteiger partial charge on any atom is -0.356 e. The number of allylic oxidation sites excluding steroid dienone is 2. The Morgan fingerprint density at radius 3 is 2.83 bits per heavy atom. The van der Waals surface area contributed by atoms with E-state index < -0.39 is 0 Å². The van der Waals surface area contributed by atoms with E-state index in [4.69, 9.17) is 10.8 Å². The molecule has 1 unspecified atom stereocenters. The van der Waals surface area contributed by atoms with Gasteiger partial charge in [-0.05, 0) is 43.7 Å². The van der Waals surface area contributed by atoms with Crippen molar-refractivity contribution in [3.8, 4) is 0 Å². The van der Waals surface area contributed by atoms with Crippen molar-refractivity contribution < 1.29 is 9.39 Å². The molecule has 1 fully saturated rings. The molecule has 0 saturated heterocycles. The van der Waals surface area contributed by atoms with Crippen molar-refractivity contribution in [3.63, 3.8) is 0 Å². The minimum absolute atomic E-state index is 0.0424. The lowest BCUT2D eigenvalue weighted by Crippen LogP contribution is -2.53. The van der Waals surface area contributed by atoms with Crippen LogP contribution in [0.4, 0.5) is 0 Å². The summed E-state index contributed by atoms with van der Waals surface area (Å²) in [5.74, 6) is 8.61. The van der Waals surface area contributed by atoms with Gasteiger partial charge in [0.15, 0.2) is 0 Å². The summed E-state index contributed by atoms with van der Waals surface area (Å²) in [4.78, 5) is 24.1. The number of nitrogens with zero attached hydrogens (tertiary/aromatic N) is 3. The lowest BCUT2D eigenvalue weighted by Gasteiger charge is -2.29. The maximum Gasteiger partial charge on any atom is 0.281 e. The van der Waals surface area contributed by atoms with Gasteiger partial charge < -0.3 is 10.3 Å². The van der Waals surface area contributed by atoms with Crippen molar-refractivity contribution in [2.45, 2.75) is 32.6 Å². The Balaban J connectivity index is 1.44. The molecule has 1 aromatic carbocycles. The number of aromatic nitrogens is 1. The first kappa shape index (κ1) is 19.0. The van der Waals surface area contributed by atoms with Gasteiger partial charge in [0.1, 0.15) is 17.6 Å². The molecule has 1 aromatic heterocycles. The molecular weight excluding hydrogens is 376 g/mol. The summed E-state index contributed by atoms with van der Waals surface area (Å²) in [6, 6.07) is 10.3. The van der Waals surface area contributed by atoms with Gasteiger partial charge in [-0.3, -0.25) is 9.79 Å². The Morgan fingerprint density at radius 1 is 1.27 bits per heavy atom. The molecule has 2 aromatic rings. The molecule has 154 valence electrons. The summed E-state index contributed by atoms with van der Waals surface area (Å²) in [6.45, 7) is 2.34. The molecule has 1 saturated carbocycles. The van der Waals surface area contributed by atoms with E-state index in [1.807, 2.05) is 24.5 Å². The van der Waals surface area contributed by atoms with Crippen LogP contribution < -0.4 is 11.2 Å². The molecule has 4 N–H and O–H groups in total.